The Balaban J connectivity index is 2.21. The van der Waals surface area contributed by atoms with Crippen LogP contribution in [0.4, 0.5) is 5.69 Å². The van der Waals surface area contributed by atoms with Crippen molar-refractivity contribution < 1.29 is 0 Å². The number of allylic oxidation sites excluding steroid dienone is 4. The molecular weight excluding hydrogens is 338 g/mol. The number of terminal acetylenes is 1. The van der Waals surface area contributed by atoms with Crippen molar-refractivity contribution in [3.63, 3.8) is 0 Å². The Bertz CT molecular complexity index is 955. The largest absolute Gasteiger partial charge is 0.356 e. The van der Waals surface area contributed by atoms with Crippen molar-refractivity contribution in [2.24, 2.45) is 0 Å². The number of hydrogen-bond donors (Lipinski definition) is 1. The van der Waals surface area contributed by atoms with E-state index in [1.54, 1.807) is 6.08 Å². The summed E-state index contributed by atoms with van der Waals surface area (Å²) in [6.07, 6.45) is 8.99. The zero-order chi connectivity index (χ0) is 20.9. The Kier molecular flexibility index (Phi) is 6.71. The molecule has 0 aliphatic rings. The predicted molar refractivity (Wildman–Crippen MR) is 125 cm³/mol. The molecule has 0 aromatic heterocycles. The van der Waals surface area contributed by atoms with E-state index in [9.17, 15) is 0 Å². The zero-order valence-electron chi connectivity index (χ0n) is 18.0. The monoisotopic (exact) mass is 369 g/mol. The first-order valence-corrected chi connectivity index (χ1v) is 9.61. The maximum absolute atomic E-state index is 5.30. The Labute approximate surface area is 170 Å². The maximum Gasteiger partial charge on any atom is 0.0387 e. The first-order chi connectivity index (χ1) is 13.1. The molecule has 1 nitrogen and oxygen atoms in total. The molecule has 0 saturated heterocycles. The molecule has 0 bridgehead atoms. The van der Waals surface area contributed by atoms with E-state index in [0.717, 1.165) is 22.5 Å². The highest BCUT2D eigenvalue weighted by Crippen LogP contribution is 2.29. The van der Waals surface area contributed by atoms with Crippen molar-refractivity contribution in [1.82, 2.24) is 0 Å². The standard InChI is InChI=1S/C27H31N/c1-9-10-11-19(2)21(4)23-13-15-24(16-14-23)22(5)28-25-17-12-20(3)26(18-25)27(6,7)8/h1,10-18,28H,5H2,2-4,6-8H3/b11-10-,21-19+. The topological polar surface area (TPSA) is 12.0 Å². The Morgan fingerprint density at radius 2 is 1.64 bits per heavy atom. The van der Waals surface area contributed by atoms with E-state index in [0.29, 0.717) is 0 Å². The highest BCUT2D eigenvalue weighted by molar-refractivity contribution is 5.77. The van der Waals surface area contributed by atoms with Gasteiger partial charge in [0.05, 0.1) is 0 Å². The first-order valence-electron chi connectivity index (χ1n) is 9.61. The van der Waals surface area contributed by atoms with Crippen LogP contribution >= 0.6 is 0 Å². The van der Waals surface area contributed by atoms with E-state index in [1.165, 1.54) is 22.3 Å². The zero-order valence-corrected chi connectivity index (χ0v) is 18.0. The minimum Gasteiger partial charge on any atom is -0.356 e. The van der Waals surface area contributed by atoms with Crippen molar-refractivity contribution in [3.05, 3.63) is 89.0 Å². The van der Waals surface area contributed by atoms with E-state index in [1.807, 2.05) is 6.08 Å². The van der Waals surface area contributed by atoms with Gasteiger partial charge in [0.1, 0.15) is 0 Å². The molecule has 0 saturated carbocycles. The second kappa shape index (κ2) is 8.81. The fourth-order valence-electron chi connectivity index (χ4n) is 3.20. The van der Waals surface area contributed by atoms with Crippen LogP contribution in [0.25, 0.3) is 11.3 Å². The number of benzene rings is 2. The molecule has 2 aromatic carbocycles. The van der Waals surface area contributed by atoms with Crippen LogP contribution in [0.2, 0.25) is 0 Å². The summed E-state index contributed by atoms with van der Waals surface area (Å²) in [7, 11) is 0. The molecule has 0 fully saturated rings. The lowest BCUT2D eigenvalue weighted by molar-refractivity contribution is 0.586. The maximum atomic E-state index is 5.30. The van der Waals surface area contributed by atoms with Gasteiger partial charge in [0.15, 0.2) is 0 Å². The molecule has 0 unspecified atom stereocenters. The van der Waals surface area contributed by atoms with Gasteiger partial charge in [-0.05, 0) is 77.8 Å². The van der Waals surface area contributed by atoms with Crippen molar-refractivity contribution in [3.8, 4) is 12.3 Å². The average molecular weight is 370 g/mol. The number of nitrogens with one attached hydrogen (secondary N) is 1. The fourth-order valence-corrected chi connectivity index (χ4v) is 3.20. The predicted octanol–water partition coefficient (Wildman–Crippen LogP) is 7.36. The fraction of sp³-hybridized carbons (Fsp3) is 0.259. The van der Waals surface area contributed by atoms with Gasteiger partial charge in [-0.2, -0.15) is 0 Å². The van der Waals surface area contributed by atoms with Crippen LogP contribution in [0, 0.1) is 19.3 Å². The summed E-state index contributed by atoms with van der Waals surface area (Å²) in [6.45, 7) is 17.3. The Morgan fingerprint density at radius 1 is 1.04 bits per heavy atom. The van der Waals surface area contributed by atoms with Crippen LogP contribution in [0.3, 0.4) is 0 Å². The quantitative estimate of drug-likeness (QED) is 0.429. The van der Waals surface area contributed by atoms with E-state index in [-0.39, 0.29) is 5.41 Å². The molecule has 1 N–H and O–H groups in total. The third-order valence-electron chi connectivity index (χ3n) is 5.03. The minimum atomic E-state index is 0.111. The number of aryl methyl sites for hydroxylation is 1. The molecule has 0 atom stereocenters. The van der Waals surface area contributed by atoms with Crippen LogP contribution in [-0.4, -0.2) is 0 Å². The summed E-state index contributed by atoms with van der Waals surface area (Å²) in [6, 6.07) is 15.0. The van der Waals surface area contributed by atoms with Crippen molar-refractivity contribution in [2.45, 2.75) is 47.0 Å². The van der Waals surface area contributed by atoms with Gasteiger partial charge in [0.25, 0.3) is 0 Å². The van der Waals surface area contributed by atoms with E-state index in [2.05, 4.69) is 102 Å². The molecule has 0 aliphatic carbocycles. The molecule has 144 valence electrons. The molecule has 0 heterocycles. The molecule has 0 radical (unpaired) electrons. The molecule has 0 aliphatic heterocycles. The third kappa shape index (κ3) is 5.27. The summed E-state index contributed by atoms with van der Waals surface area (Å²) in [5.41, 5.74) is 9.35. The normalized spacial score (nSPS) is 12.5. The van der Waals surface area contributed by atoms with Crippen LogP contribution in [0.15, 0.2) is 66.8 Å². The van der Waals surface area contributed by atoms with Gasteiger partial charge >= 0.3 is 0 Å². The van der Waals surface area contributed by atoms with Crippen LogP contribution in [0.5, 0.6) is 0 Å². The average Bonchev–Trinajstić information content (AvgIpc) is 2.66. The molecule has 0 amide bonds. The van der Waals surface area contributed by atoms with Gasteiger partial charge in [-0.3, -0.25) is 0 Å². The second-order valence-electron chi connectivity index (χ2n) is 8.27. The van der Waals surface area contributed by atoms with Gasteiger partial charge in [0, 0.05) is 11.4 Å². The van der Waals surface area contributed by atoms with Crippen LogP contribution in [0.1, 0.15) is 56.9 Å². The molecule has 2 rings (SSSR count). The summed E-state index contributed by atoms with van der Waals surface area (Å²) in [5.74, 6) is 2.53. The summed E-state index contributed by atoms with van der Waals surface area (Å²) in [4.78, 5) is 0. The van der Waals surface area contributed by atoms with E-state index in [4.69, 9.17) is 6.42 Å². The van der Waals surface area contributed by atoms with Gasteiger partial charge in [0.2, 0.25) is 0 Å². The van der Waals surface area contributed by atoms with Gasteiger partial charge in [-0.25, -0.2) is 0 Å². The lowest BCUT2D eigenvalue weighted by atomic mass is 9.84. The molecule has 0 spiro atoms. The van der Waals surface area contributed by atoms with E-state index < -0.39 is 0 Å². The Morgan fingerprint density at radius 3 is 2.21 bits per heavy atom. The molecule has 28 heavy (non-hydrogen) atoms. The highest BCUT2D eigenvalue weighted by atomic mass is 14.9. The Hall–Kier alpha value is -2.98. The lowest BCUT2D eigenvalue weighted by Crippen LogP contribution is -2.13. The van der Waals surface area contributed by atoms with Crippen molar-refractivity contribution in [2.75, 3.05) is 5.32 Å². The van der Waals surface area contributed by atoms with E-state index >= 15 is 0 Å². The summed E-state index contributed by atoms with van der Waals surface area (Å²) in [5, 5.41) is 3.46. The summed E-state index contributed by atoms with van der Waals surface area (Å²) >= 11 is 0. The van der Waals surface area contributed by atoms with Gasteiger partial charge < -0.3 is 5.32 Å². The van der Waals surface area contributed by atoms with Crippen LogP contribution in [-0.2, 0) is 5.41 Å². The van der Waals surface area contributed by atoms with Crippen molar-refractivity contribution in [1.29, 1.82) is 0 Å². The number of anilines is 1. The lowest BCUT2D eigenvalue weighted by Gasteiger charge is -2.23. The smallest absolute Gasteiger partial charge is 0.0387 e. The van der Waals surface area contributed by atoms with Gasteiger partial charge in [-0.1, -0.05) is 69.7 Å². The van der Waals surface area contributed by atoms with Crippen LogP contribution < -0.4 is 5.32 Å². The number of hydrogen-bond acceptors (Lipinski definition) is 1. The SMILES string of the molecule is C#C/C=C\C(C)=C(/C)c1ccc(C(=C)Nc2ccc(C)c(C(C)(C)C)c2)cc1. The highest BCUT2D eigenvalue weighted by Gasteiger charge is 2.16. The number of rotatable bonds is 5. The first kappa shape index (κ1) is 21.3. The third-order valence-corrected chi connectivity index (χ3v) is 5.03. The molecular formula is C27H31N. The molecule has 2 aromatic rings. The van der Waals surface area contributed by atoms with Gasteiger partial charge in [-0.15, -0.1) is 6.42 Å². The molecule has 1 heteroatoms. The second-order valence-corrected chi connectivity index (χ2v) is 8.27. The minimum absolute atomic E-state index is 0.111. The van der Waals surface area contributed by atoms with Crippen molar-refractivity contribution >= 4 is 17.0 Å². The summed E-state index contributed by atoms with van der Waals surface area (Å²) < 4.78 is 0.